The monoisotopic (exact) mass is 341 g/mol. The summed E-state index contributed by atoms with van der Waals surface area (Å²) in [5, 5.41) is 31.2. The lowest BCUT2D eigenvalue weighted by Crippen LogP contribution is -2.65. The fraction of sp³-hybridized carbons (Fsp3) is 0.600. The third kappa shape index (κ3) is 3.35. The summed E-state index contributed by atoms with van der Waals surface area (Å²) < 4.78 is 22.2. The number of hydrogen-bond acceptors (Lipinski definition) is 8. The summed E-state index contributed by atoms with van der Waals surface area (Å²) in [7, 11) is 0. The molecule has 2 aliphatic rings. The minimum absolute atomic E-state index is 0.0797. The number of rotatable bonds is 3. The summed E-state index contributed by atoms with van der Waals surface area (Å²) in [6, 6.07) is 5.34. The van der Waals surface area contributed by atoms with Gasteiger partial charge in [-0.05, 0) is 26.0 Å². The highest BCUT2D eigenvalue weighted by atomic mass is 16.8. The molecule has 2 saturated heterocycles. The van der Waals surface area contributed by atoms with Gasteiger partial charge >= 0.3 is 0 Å². The fourth-order valence-electron chi connectivity index (χ4n) is 2.71. The summed E-state index contributed by atoms with van der Waals surface area (Å²) in [5.41, 5.74) is -0.0797. The average Bonchev–Trinajstić information content (AvgIpc) is 2.53. The normalized spacial score (nSPS) is 35.1. The fourth-order valence-corrected chi connectivity index (χ4v) is 2.71. The van der Waals surface area contributed by atoms with Crippen LogP contribution in [0.1, 0.15) is 13.8 Å². The van der Waals surface area contributed by atoms with Crippen LogP contribution in [0, 0.1) is 10.1 Å². The van der Waals surface area contributed by atoms with Crippen molar-refractivity contribution in [1.29, 1.82) is 0 Å². The van der Waals surface area contributed by atoms with Crippen LogP contribution in [0.15, 0.2) is 24.3 Å². The van der Waals surface area contributed by atoms with Crippen molar-refractivity contribution >= 4 is 5.69 Å². The number of aliphatic hydroxyl groups is 2. The van der Waals surface area contributed by atoms with Crippen LogP contribution in [-0.4, -0.2) is 58.2 Å². The molecule has 5 atom stereocenters. The van der Waals surface area contributed by atoms with E-state index in [4.69, 9.17) is 18.9 Å². The molecule has 0 aliphatic carbocycles. The SMILES string of the molecule is CC1(C)OC[C@@H]2O[C@H](Oc3ccc([N+](=O)[O-])cc3)[C@@H](O)[C@@H](O)[C@H]2O1. The second-order valence-corrected chi connectivity index (χ2v) is 6.19. The Morgan fingerprint density at radius 2 is 1.92 bits per heavy atom. The highest BCUT2D eigenvalue weighted by Gasteiger charge is 2.51. The molecule has 9 heteroatoms. The summed E-state index contributed by atoms with van der Waals surface area (Å²) in [6.07, 6.45) is -5.03. The van der Waals surface area contributed by atoms with Gasteiger partial charge in [0.25, 0.3) is 5.69 Å². The first-order chi connectivity index (χ1) is 11.3. The van der Waals surface area contributed by atoms with E-state index in [9.17, 15) is 20.3 Å². The van der Waals surface area contributed by atoms with Crippen LogP contribution in [0.4, 0.5) is 5.69 Å². The predicted molar refractivity (Wildman–Crippen MR) is 79.3 cm³/mol. The molecule has 2 heterocycles. The Labute approximate surface area is 137 Å². The number of nitro benzene ring substituents is 1. The summed E-state index contributed by atoms with van der Waals surface area (Å²) in [5.74, 6) is -0.606. The van der Waals surface area contributed by atoms with Crippen LogP contribution < -0.4 is 4.74 Å². The van der Waals surface area contributed by atoms with Crippen molar-refractivity contribution in [3.8, 4) is 5.75 Å². The van der Waals surface area contributed by atoms with Crippen LogP contribution in [-0.2, 0) is 14.2 Å². The molecule has 2 aliphatic heterocycles. The van der Waals surface area contributed by atoms with Crippen LogP contribution in [0.25, 0.3) is 0 Å². The zero-order chi connectivity index (χ0) is 17.5. The van der Waals surface area contributed by atoms with Crippen molar-refractivity contribution in [2.45, 2.75) is 50.3 Å². The van der Waals surface area contributed by atoms with E-state index in [0.29, 0.717) is 0 Å². The van der Waals surface area contributed by atoms with Crippen molar-refractivity contribution in [2.24, 2.45) is 0 Å². The van der Waals surface area contributed by atoms with E-state index in [1.807, 2.05) is 0 Å². The third-order valence-electron chi connectivity index (χ3n) is 3.96. The molecule has 0 radical (unpaired) electrons. The smallest absolute Gasteiger partial charge is 0.269 e. The highest BCUT2D eigenvalue weighted by Crippen LogP contribution is 2.33. The van der Waals surface area contributed by atoms with E-state index in [0.717, 1.165) is 0 Å². The van der Waals surface area contributed by atoms with Crippen molar-refractivity contribution in [3.63, 3.8) is 0 Å². The lowest BCUT2D eigenvalue weighted by molar-refractivity contribution is -0.385. The molecule has 0 spiro atoms. The molecule has 3 rings (SSSR count). The van der Waals surface area contributed by atoms with Crippen molar-refractivity contribution in [3.05, 3.63) is 34.4 Å². The molecule has 0 unspecified atom stereocenters. The summed E-state index contributed by atoms with van der Waals surface area (Å²) >= 11 is 0. The van der Waals surface area contributed by atoms with E-state index in [-0.39, 0.29) is 18.0 Å². The van der Waals surface area contributed by atoms with Gasteiger partial charge in [0.05, 0.1) is 11.5 Å². The number of aliphatic hydroxyl groups excluding tert-OH is 2. The van der Waals surface area contributed by atoms with Gasteiger partial charge in [-0.3, -0.25) is 10.1 Å². The Bertz CT molecular complexity index is 602. The Morgan fingerprint density at radius 3 is 2.54 bits per heavy atom. The Morgan fingerprint density at radius 1 is 1.25 bits per heavy atom. The molecule has 0 saturated carbocycles. The second-order valence-electron chi connectivity index (χ2n) is 6.19. The number of nitrogens with zero attached hydrogens (tertiary/aromatic N) is 1. The van der Waals surface area contributed by atoms with Gasteiger partial charge in [-0.25, -0.2) is 0 Å². The maximum absolute atomic E-state index is 10.6. The highest BCUT2D eigenvalue weighted by molar-refractivity contribution is 5.36. The molecular formula is C15H19NO8. The molecular weight excluding hydrogens is 322 g/mol. The molecule has 2 fully saturated rings. The van der Waals surface area contributed by atoms with E-state index >= 15 is 0 Å². The molecule has 1 aromatic rings. The van der Waals surface area contributed by atoms with E-state index < -0.39 is 41.4 Å². The number of hydrogen-bond donors (Lipinski definition) is 2. The quantitative estimate of drug-likeness (QED) is 0.605. The Hall–Kier alpha value is -1.78. The van der Waals surface area contributed by atoms with Gasteiger partial charge in [-0.2, -0.15) is 0 Å². The van der Waals surface area contributed by atoms with E-state index in [1.165, 1.54) is 24.3 Å². The molecule has 132 valence electrons. The number of benzene rings is 1. The third-order valence-corrected chi connectivity index (χ3v) is 3.96. The second kappa shape index (κ2) is 6.26. The van der Waals surface area contributed by atoms with E-state index in [2.05, 4.69) is 0 Å². The molecule has 1 aromatic carbocycles. The van der Waals surface area contributed by atoms with Crippen molar-refractivity contribution in [2.75, 3.05) is 6.61 Å². The van der Waals surface area contributed by atoms with Gasteiger partial charge in [0.2, 0.25) is 6.29 Å². The first-order valence-corrected chi connectivity index (χ1v) is 7.51. The summed E-state index contributed by atoms with van der Waals surface area (Å²) in [4.78, 5) is 10.1. The molecule has 0 aromatic heterocycles. The minimum Gasteiger partial charge on any atom is -0.462 e. The predicted octanol–water partition coefficient (Wildman–Crippen LogP) is 0.572. The van der Waals surface area contributed by atoms with Crippen molar-refractivity contribution < 1.29 is 34.1 Å². The van der Waals surface area contributed by atoms with Gasteiger partial charge in [-0.15, -0.1) is 0 Å². The molecule has 2 N–H and O–H groups in total. The van der Waals surface area contributed by atoms with Crippen LogP contribution in [0.3, 0.4) is 0 Å². The Kier molecular flexibility index (Phi) is 4.45. The topological polar surface area (TPSA) is 121 Å². The maximum atomic E-state index is 10.6. The van der Waals surface area contributed by atoms with Crippen molar-refractivity contribution in [1.82, 2.24) is 0 Å². The number of non-ortho nitro benzene ring substituents is 1. The average molecular weight is 341 g/mol. The van der Waals surface area contributed by atoms with E-state index in [1.54, 1.807) is 13.8 Å². The van der Waals surface area contributed by atoms with Gasteiger partial charge in [0.15, 0.2) is 5.79 Å². The zero-order valence-electron chi connectivity index (χ0n) is 13.2. The zero-order valence-corrected chi connectivity index (χ0v) is 13.2. The molecule has 0 amide bonds. The largest absolute Gasteiger partial charge is 0.462 e. The van der Waals surface area contributed by atoms with Gasteiger partial charge in [-0.1, -0.05) is 0 Å². The molecule has 24 heavy (non-hydrogen) atoms. The first kappa shape index (κ1) is 17.1. The molecule has 0 bridgehead atoms. The Balaban J connectivity index is 1.70. The van der Waals surface area contributed by atoms with Gasteiger partial charge in [0, 0.05) is 12.1 Å². The first-order valence-electron chi connectivity index (χ1n) is 7.51. The number of ether oxygens (including phenoxy) is 4. The van der Waals surface area contributed by atoms with Crippen LogP contribution >= 0.6 is 0 Å². The standard InChI is InChI=1S/C15H19NO8/c1-15(2)21-7-10-13(24-15)11(17)12(18)14(23-10)22-9-5-3-8(4-6-9)16(19)20/h3-6,10-14,17-18H,7H2,1-2H3/t10-,11+,12-,13-,14-/m0/s1. The molecule has 9 nitrogen and oxygen atoms in total. The number of nitro groups is 1. The number of fused-ring (bicyclic) bond motifs is 1. The lowest BCUT2D eigenvalue weighted by Gasteiger charge is -2.48. The van der Waals surface area contributed by atoms with Crippen LogP contribution in [0.2, 0.25) is 0 Å². The van der Waals surface area contributed by atoms with Gasteiger partial charge in [0.1, 0.15) is 30.2 Å². The minimum atomic E-state index is -1.34. The van der Waals surface area contributed by atoms with Gasteiger partial charge < -0.3 is 29.2 Å². The maximum Gasteiger partial charge on any atom is 0.269 e. The lowest BCUT2D eigenvalue weighted by atomic mass is 9.97. The summed E-state index contributed by atoms with van der Waals surface area (Å²) in [6.45, 7) is 3.60. The van der Waals surface area contributed by atoms with Crippen LogP contribution in [0.5, 0.6) is 5.75 Å².